The van der Waals surface area contributed by atoms with Gasteiger partial charge in [0.1, 0.15) is 0 Å². The van der Waals surface area contributed by atoms with Crippen LogP contribution in [-0.2, 0) is 4.74 Å². The summed E-state index contributed by atoms with van der Waals surface area (Å²) in [5.74, 6) is 2.97. The van der Waals surface area contributed by atoms with Crippen molar-refractivity contribution >= 4 is 16.5 Å². The van der Waals surface area contributed by atoms with Gasteiger partial charge >= 0.3 is 0 Å². The van der Waals surface area contributed by atoms with Crippen molar-refractivity contribution in [3.63, 3.8) is 0 Å². The van der Waals surface area contributed by atoms with Gasteiger partial charge in [-0.1, -0.05) is 26.0 Å². The molecule has 2 heterocycles. The van der Waals surface area contributed by atoms with Gasteiger partial charge in [-0.3, -0.25) is 0 Å². The average Bonchev–Trinajstić information content (AvgIpc) is 3.28. The summed E-state index contributed by atoms with van der Waals surface area (Å²) in [4.78, 5) is 2.21. The van der Waals surface area contributed by atoms with Crippen molar-refractivity contribution in [1.29, 1.82) is 0 Å². The molecule has 0 saturated heterocycles. The highest BCUT2D eigenvalue weighted by atomic mass is 16.7. The lowest BCUT2D eigenvalue weighted by molar-refractivity contribution is -0.0176. The third-order valence-electron chi connectivity index (χ3n) is 6.54. The molecule has 0 aromatic heterocycles. The van der Waals surface area contributed by atoms with Crippen LogP contribution in [0.2, 0.25) is 0 Å². The van der Waals surface area contributed by atoms with Crippen LogP contribution in [0.15, 0.2) is 36.4 Å². The molecule has 6 nitrogen and oxygen atoms in total. The fourth-order valence-electron chi connectivity index (χ4n) is 4.86. The maximum atomic E-state index is 6.70. The highest BCUT2D eigenvalue weighted by Gasteiger charge is 2.36. The smallest absolute Gasteiger partial charge is 0.231 e. The van der Waals surface area contributed by atoms with E-state index in [9.17, 15) is 0 Å². The van der Waals surface area contributed by atoms with E-state index in [1.165, 1.54) is 0 Å². The molecule has 0 aliphatic carbocycles. The van der Waals surface area contributed by atoms with Crippen LogP contribution in [0.5, 0.6) is 23.0 Å². The second-order valence-corrected chi connectivity index (χ2v) is 8.19. The normalized spacial score (nSPS) is 16.3. The topological polar surface area (TPSA) is 49.4 Å². The number of hydrogen-bond acceptors (Lipinski definition) is 6. The summed E-state index contributed by atoms with van der Waals surface area (Å²) in [5, 5.41) is 2.21. The molecular formula is C26H29NO5. The van der Waals surface area contributed by atoms with Crippen molar-refractivity contribution in [2.75, 3.05) is 33.0 Å². The van der Waals surface area contributed by atoms with E-state index in [2.05, 4.69) is 50.1 Å². The van der Waals surface area contributed by atoms with Crippen molar-refractivity contribution in [3.05, 3.63) is 42.0 Å². The summed E-state index contributed by atoms with van der Waals surface area (Å²) in [7, 11) is 5.43. The lowest BCUT2D eigenvalue weighted by Gasteiger charge is -2.40. The van der Waals surface area contributed by atoms with Gasteiger partial charge in [-0.25, -0.2) is 0 Å². The summed E-state index contributed by atoms with van der Waals surface area (Å²) in [6.07, 6.45) is 1.68. The lowest BCUT2D eigenvalue weighted by atomic mass is 9.88. The third-order valence-corrected chi connectivity index (χ3v) is 6.54. The van der Waals surface area contributed by atoms with Crippen molar-refractivity contribution in [3.8, 4) is 34.1 Å². The molecule has 32 heavy (non-hydrogen) atoms. The standard InChI is InChI=1S/C26H29NO5/c1-6-16(7-2)32-26-23-17(10-11-20(28-4)25(23)29-5)18-9-8-15-12-21-22(31-14-30-21)13-19(15)24(18)27(26)3/h8-13,16,26H,6-7,14H2,1-5H3. The molecule has 0 N–H and O–H groups in total. The SMILES string of the molecule is CCC(CC)OC1c2c(ccc(OC)c2OC)-c2ccc3cc4c(cc3c2N1C)OCO4. The van der Waals surface area contributed by atoms with Crippen LogP contribution in [0.4, 0.5) is 5.69 Å². The minimum Gasteiger partial charge on any atom is -0.493 e. The minimum atomic E-state index is -0.316. The molecule has 6 heteroatoms. The predicted octanol–water partition coefficient (Wildman–Crippen LogP) is 5.91. The number of ether oxygens (including phenoxy) is 5. The Bertz CT molecular complexity index is 1170. The van der Waals surface area contributed by atoms with Crippen molar-refractivity contribution in [2.45, 2.75) is 39.0 Å². The Morgan fingerprint density at radius 3 is 2.38 bits per heavy atom. The van der Waals surface area contributed by atoms with Gasteiger partial charge in [0.05, 0.1) is 31.6 Å². The second kappa shape index (κ2) is 8.10. The molecule has 1 atom stereocenters. The minimum absolute atomic E-state index is 0.128. The number of benzene rings is 3. The molecule has 2 aliphatic rings. The molecule has 0 spiro atoms. The Morgan fingerprint density at radius 1 is 0.969 bits per heavy atom. The van der Waals surface area contributed by atoms with Gasteiger partial charge in [-0.2, -0.15) is 0 Å². The van der Waals surface area contributed by atoms with Crippen LogP contribution in [0, 0.1) is 0 Å². The first-order valence-corrected chi connectivity index (χ1v) is 11.1. The number of hydrogen-bond donors (Lipinski definition) is 0. The van der Waals surface area contributed by atoms with Crippen molar-refractivity contribution in [2.24, 2.45) is 0 Å². The van der Waals surface area contributed by atoms with E-state index in [4.69, 9.17) is 23.7 Å². The van der Waals surface area contributed by atoms with E-state index in [1.807, 2.05) is 12.1 Å². The first-order chi connectivity index (χ1) is 15.6. The second-order valence-electron chi connectivity index (χ2n) is 8.19. The maximum Gasteiger partial charge on any atom is 0.231 e. The van der Waals surface area contributed by atoms with Gasteiger partial charge in [-0.05, 0) is 48.1 Å². The Balaban J connectivity index is 1.79. The first-order valence-electron chi connectivity index (χ1n) is 11.1. The van der Waals surface area contributed by atoms with Gasteiger partial charge in [0.25, 0.3) is 0 Å². The molecule has 0 bridgehead atoms. The van der Waals surface area contributed by atoms with E-state index >= 15 is 0 Å². The number of methoxy groups -OCH3 is 2. The number of rotatable bonds is 6. The monoisotopic (exact) mass is 435 g/mol. The summed E-state index contributed by atoms with van der Waals surface area (Å²) in [6, 6.07) is 12.5. The van der Waals surface area contributed by atoms with Gasteiger partial charge < -0.3 is 28.6 Å². The fraction of sp³-hybridized carbons (Fsp3) is 0.385. The molecule has 3 aromatic rings. The first kappa shape index (κ1) is 20.8. The van der Waals surface area contributed by atoms with E-state index < -0.39 is 0 Å². The Hall–Kier alpha value is -3.12. The van der Waals surface area contributed by atoms with Crippen LogP contribution in [-0.4, -0.2) is 34.2 Å². The zero-order chi connectivity index (χ0) is 22.4. The summed E-state index contributed by atoms with van der Waals surface area (Å²) >= 11 is 0. The Kier molecular flexibility index (Phi) is 5.25. The third kappa shape index (κ3) is 3.05. The number of fused-ring (bicyclic) bond motifs is 6. The molecule has 0 radical (unpaired) electrons. The molecule has 3 aromatic carbocycles. The molecule has 0 saturated carbocycles. The quantitative estimate of drug-likeness (QED) is 0.480. The summed E-state index contributed by atoms with van der Waals surface area (Å²) < 4.78 is 29.5. The van der Waals surface area contributed by atoms with Crippen LogP contribution in [0.1, 0.15) is 38.5 Å². The van der Waals surface area contributed by atoms with E-state index in [1.54, 1.807) is 14.2 Å². The maximum absolute atomic E-state index is 6.70. The van der Waals surface area contributed by atoms with E-state index in [0.717, 1.165) is 57.5 Å². The molecule has 1 unspecified atom stereocenters. The van der Waals surface area contributed by atoms with E-state index in [0.29, 0.717) is 11.5 Å². The molecule has 168 valence electrons. The lowest BCUT2D eigenvalue weighted by Crippen LogP contribution is -2.33. The summed E-state index contributed by atoms with van der Waals surface area (Å²) in [5.41, 5.74) is 4.32. The molecule has 2 aliphatic heterocycles. The number of anilines is 1. The van der Waals surface area contributed by atoms with Gasteiger partial charge in [-0.15, -0.1) is 0 Å². The fourth-order valence-corrected chi connectivity index (χ4v) is 4.86. The highest BCUT2D eigenvalue weighted by molar-refractivity contribution is 6.05. The van der Waals surface area contributed by atoms with Crippen LogP contribution < -0.4 is 23.8 Å². The largest absolute Gasteiger partial charge is 0.493 e. The zero-order valence-corrected chi connectivity index (χ0v) is 19.2. The van der Waals surface area contributed by atoms with Crippen LogP contribution in [0.25, 0.3) is 21.9 Å². The van der Waals surface area contributed by atoms with Gasteiger partial charge in [0, 0.05) is 18.0 Å². The molecule has 5 rings (SSSR count). The van der Waals surface area contributed by atoms with E-state index in [-0.39, 0.29) is 19.1 Å². The van der Waals surface area contributed by atoms with Crippen LogP contribution >= 0.6 is 0 Å². The molecule has 0 fully saturated rings. The molecular weight excluding hydrogens is 406 g/mol. The predicted molar refractivity (Wildman–Crippen MR) is 125 cm³/mol. The molecule has 0 amide bonds. The average molecular weight is 436 g/mol. The zero-order valence-electron chi connectivity index (χ0n) is 19.2. The van der Waals surface area contributed by atoms with Gasteiger partial charge in [0.15, 0.2) is 29.2 Å². The Morgan fingerprint density at radius 2 is 1.69 bits per heavy atom. The summed E-state index contributed by atoms with van der Waals surface area (Å²) in [6.45, 7) is 4.57. The van der Waals surface area contributed by atoms with Crippen LogP contribution in [0.3, 0.4) is 0 Å². The number of nitrogens with zero attached hydrogens (tertiary/aromatic N) is 1. The Labute approximate surface area is 188 Å². The van der Waals surface area contributed by atoms with Crippen molar-refractivity contribution < 1.29 is 23.7 Å². The van der Waals surface area contributed by atoms with Gasteiger partial charge in [0.2, 0.25) is 6.79 Å². The highest BCUT2D eigenvalue weighted by Crippen LogP contribution is 2.54. The van der Waals surface area contributed by atoms with Crippen molar-refractivity contribution in [1.82, 2.24) is 0 Å².